The molecule has 0 amide bonds. The van der Waals surface area contributed by atoms with Crippen molar-refractivity contribution in [2.45, 2.75) is 0 Å². The number of carbonyl (C=O) groups is 2. The van der Waals surface area contributed by atoms with Crippen LogP contribution in [0.15, 0.2) is 53.9 Å². The van der Waals surface area contributed by atoms with Gasteiger partial charge in [-0.3, -0.25) is 4.79 Å². The molecule has 132 valence electrons. The Labute approximate surface area is 154 Å². The molecule has 1 heterocycles. The maximum absolute atomic E-state index is 13.0. The van der Waals surface area contributed by atoms with Crippen LogP contribution in [0.1, 0.15) is 26.3 Å². The molecule has 0 saturated carbocycles. The Kier molecular flexibility index (Phi) is 5.04. The maximum atomic E-state index is 13.0. The van der Waals surface area contributed by atoms with Crippen molar-refractivity contribution in [2.24, 2.45) is 0 Å². The molecule has 6 heteroatoms. The van der Waals surface area contributed by atoms with E-state index in [0.717, 1.165) is 10.4 Å². The van der Waals surface area contributed by atoms with Crippen molar-refractivity contribution in [3.63, 3.8) is 0 Å². The molecule has 1 aromatic heterocycles. The Balaban J connectivity index is 2.09. The van der Waals surface area contributed by atoms with E-state index in [1.54, 1.807) is 30.6 Å². The second-order valence-corrected chi connectivity index (χ2v) is 6.39. The summed E-state index contributed by atoms with van der Waals surface area (Å²) in [7, 11) is 3.06. The summed E-state index contributed by atoms with van der Waals surface area (Å²) in [6.07, 6.45) is 0. The molecule has 5 nitrogen and oxygen atoms in total. The average molecular weight is 368 g/mol. The lowest BCUT2D eigenvalue weighted by Crippen LogP contribution is -2.06. The Morgan fingerprint density at radius 1 is 0.923 bits per heavy atom. The number of ketones is 1. The van der Waals surface area contributed by atoms with Crippen LogP contribution in [0, 0.1) is 0 Å². The molecule has 0 unspecified atom stereocenters. The highest BCUT2D eigenvalue weighted by molar-refractivity contribution is 7.13. The van der Waals surface area contributed by atoms with Crippen LogP contribution in [0.25, 0.3) is 10.4 Å². The smallest absolute Gasteiger partial charge is 0.335 e. The van der Waals surface area contributed by atoms with E-state index in [-0.39, 0.29) is 11.3 Å². The average Bonchev–Trinajstić information content (AvgIpc) is 3.21. The molecular formula is C20H16O5S. The fraction of sp³-hybridized carbons (Fsp3) is 0.100. The predicted octanol–water partition coefficient (Wildman–Crippen LogP) is 4.36. The van der Waals surface area contributed by atoms with Gasteiger partial charge in [-0.1, -0.05) is 18.2 Å². The Morgan fingerprint density at radius 2 is 1.58 bits per heavy atom. The van der Waals surface area contributed by atoms with Gasteiger partial charge in [0.15, 0.2) is 5.78 Å². The molecule has 0 aliphatic heterocycles. The van der Waals surface area contributed by atoms with Gasteiger partial charge in [-0.05, 0) is 29.6 Å². The van der Waals surface area contributed by atoms with E-state index in [0.29, 0.717) is 22.6 Å². The molecule has 1 N–H and O–H groups in total. The summed E-state index contributed by atoms with van der Waals surface area (Å²) in [5.41, 5.74) is 1.70. The van der Waals surface area contributed by atoms with Crippen LogP contribution in [0.3, 0.4) is 0 Å². The minimum atomic E-state index is -1.04. The first kappa shape index (κ1) is 17.7. The first-order chi connectivity index (χ1) is 12.5. The molecule has 3 aromatic rings. The number of carboxylic acids is 1. The molecule has 0 fully saturated rings. The minimum absolute atomic E-state index is 0.127. The molecule has 2 aromatic carbocycles. The van der Waals surface area contributed by atoms with Crippen molar-refractivity contribution in [1.82, 2.24) is 0 Å². The summed E-state index contributed by atoms with van der Waals surface area (Å²) in [6.45, 7) is 0. The number of benzene rings is 2. The van der Waals surface area contributed by atoms with Gasteiger partial charge in [-0.15, -0.1) is 11.3 Å². The number of carbonyl (C=O) groups excluding carboxylic acids is 1. The summed E-state index contributed by atoms with van der Waals surface area (Å²) < 4.78 is 10.8. The van der Waals surface area contributed by atoms with Gasteiger partial charge in [0.2, 0.25) is 0 Å². The van der Waals surface area contributed by atoms with E-state index in [2.05, 4.69) is 0 Å². The Bertz CT molecular complexity index is 943. The van der Waals surface area contributed by atoms with Gasteiger partial charge < -0.3 is 14.6 Å². The molecule has 3 rings (SSSR count). The third-order valence-corrected chi connectivity index (χ3v) is 4.85. The number of hydrogen-bond acceptors (Lipinski definition) is 5. The van der Waals surface area contributed by atoms with Gasteiger partial charge in [0.05, 0.1) is 25.3 Å². The van der Waals surface area contributed by atoms with E-state index in [1.165, 1.54) is 31.4 Å². The molecule has 0 spiro atoms. The van der Waals surface area contributed by atoms with Crippen molar-refractivity contribution in [3.05, 3.63) is 70.6 Å². The van der Waals surface area contributed by atoms with Gasteiger partial charge in [0, 0.05) is 22.1 Å². The van der Waals surface area contributed by atoms with E-state index in [4.69, 9.17) is 14.6 Å². The molecule has 0 radical (unpaired) electrons. The third-order valence-electron chi connectivity index (χ3n) is 3.95. The summed E-state index contributed by atoms with van der Waals surface area (Å²) in [5, 5.41) is 10.9. The van der Waals surface area contributed by atoms with Crippen molar-refractivity contribution in [1.29, 1.82) is 0 Å². The van der Waals surface area contributed by atoms with E-state index in [9.17, 15) is 9.59 Å². The summed E-state index contributed by atoms with van der Waals surface area (Å²) >= 11 is 1.54. The number of methoxy groups -OCH3 is 2. The van der Waals surface area contributed by atoms with Crippen molar-refractivity contribution in [2.75, 3.05) is 14.2 Å². The lowest BCUT2D eigenvalue weighted by molar-refractivity contribution is 0.0696. The summed E-state index contributed by atoms with van der Waals surface area (Å²) in [4.78, 5) is 24.9. The normalized spacial score (nSPS) is 10.4. The molecule has 0 atom stereocenters. The van der Waals surface area contributed by atoms with Gasteiger partial charge >= 0.3 is 5.97 Å². The van der Waals surface area contributed by atoms with Gasteiger partial charge in [-0.25, -0.2) is 4.79 Å². The Morgan fingerprint density at radius 3 is 2.12 bits per heavy atom. The highest BCUT2D eigenvalue weighted by Gasteiger charge is 2.20. The highest BCUT2D eigenvalue weighted by atomic mass is 32.1. The van der Waals surface area contributed by atoms with Gasteiger partial charge in [0.1, 0.15) is 11.5 Å². The standard InChI is InChI=1S/C20H16O5S/c1-24-16-11-17(25-2)15(10-14(16)18-4-3-9-26-18)19(21)12-5-7-13(8-6-12)20(22)23/h3-11H,1-2H3,(H,22,23). The van der Waals surface area contributed by atoms with Crippen LogP contribution in [0.5, 0.6) is 11.5 Å². The Hall–Kier alpha value is -3.12. The van der Waals surface area contributed by atoms with Crippen LogP contribution in [0.2, 0.25) is 0 Å². The quantitative estimate of drug-likeness (QED) is 0.655. The van der Waals surface area contributed by atoms with Gasteiger partial charge in [-0.2, -0.15) is 0 Å². The SMILES string of the molecule is COc1cc(OC)c(-c2cccs2)cc1C(=O)c1ccc(C(=O)O)cc1. The molecular weight excluding hydrogens is 352 g/mol. The number of rotatable bonds is 6. The fourth-order valence-corrected chi connectivity index (χ4v) is 3.37. The zero-order valence-corrected chi connectivity index (χ0v) is 15.0. The molecule has 26 heavy (non-hydrogen) atoms. The third kappa shape index (κ3) is 3.32. The second-order valence-electron chi connectivity index (χ2n) is 5.44. The molecule has 0 saturated heterocycles. The topological polar surface area (TPSA) is 72.8 Å². The fourth-order valence-electron chi connectivity index (χ4n) is 2.62. The first-order valence-electron chi connectivity index (χ1n) is 7.73. The molecule has 0 bridgehead atoms. The second kappa shape index (κ2) is 7.41. The van der Waals surface area contributed by atoms with Crippen LogP contribution in [0.4, 0.5) is 0 Å². The predicted molar refractivity (Wildman–Crippen MR) is 99.7 cm³/mol. The summed E-state index contributed by atoms with van der Waals surface area (Å²) in [6, 6.07) is 13.1. The number of aromatic carboxylic acids is 1. The van der Waals surface area contributed by atoms with Crippen molar-refractivity contribution < 1.29 is 24.2 Å². The highest BCUT2D eigenvalue weighted by Crippen LogP contribution is 2.38. The zero-order valence-electron chi connectivity index (χ0n) is 14.2. The minimum Gasteiger partial charge on any atom is -0.496 e. The number of thiophene rings is 1. The van der Waals surface area contributed by atoms with Crippen LogP contribution >= 0.6 is 11.3 Å². The lowest BCUT2D eigenvalue weighted by Gasteiger charge is -2.14. The zero-order chi connectivity index (χ0) is 18.7. The monoisotopic (exact) mass is 368 g/mol. The van der Waals surface area contributed by atoms with Gasteiger partial charge in [0.25, 0.3) is 0 Å². The molecule has 0 aliphatic carbocycles. The largest absolute Gasteiger partial charge is 0.496 e. The van der Waals surface area contributed by atoms with Crippen LogP contribution < -0.4 is 9.47 Å². The first-order valence-corrected chi connectivity index (χ1v) is 8.61. The number of ether oxygens (including phenoxy) is 2. The van der Waals surface area contributed by atoms with E-state index >= 15 is 0 Å². The van der Waals surface area contributed by atoms with Crippen LogP contribution in [-0.4, -0.2) is 31.1 Å². The van der Waals surface area contributed by atoms with Crippen LogP contribution in [-0.2, 0) is 0 Å². The summed E-state index contributed by atoms with van der Waals surface area (Å²) in [5.74, 6) is -0.276. The maximum Gasteiger partial charge on any atom is 0.335 e. The van der Waals surface area contributed by atoms with Crippen molar-refractivity contribution in [3.8, 4) is 21.9 Å². The molecule has 0 aliphatic rings. The number of hydrogen-bond donors (Lipinski definition) is 1. The number of carboxylic acid groups (broad SMARTS) is 1. The van der Waals surface area contributed by atoms with E-state index in [1.807, 2.05) is 17.5 Å². The lowest BCUT2D eigenvalue weighted by atomic mass is 9.98. The van der Waals surface area contributed by atoms with Crippen molar-refractivity contribution >= 4 is 23.1 Å². The van der Waals surface area contributed by atoms with E-state index < -0.39 is 5.97 Å².